The maximum absolute atomic E-state index is 12.3. The molecule has 1 aromatic carbocycles. The molecule has 1 N–H and O–H groups in total. The van der Waals surface area contributed by atoms with E-state index in [4.69, 9.17) is 4.55 Å². The molecule has 0 aromatic heterocycles. The van der Waals surface area contributed by atoms with Crippen molar-refractivity contribution in [2.45, 2.75) is 18.0 Å². The molecule has 0 heterocycles. The molecule has 0 bridgehead atoms. The fraction of sp³-hybridized carbons (Fsp3) is 0.250. The number of alkyl halides is 3. The van der Waals surface area contributed by atoms with Gasteiger partial charge in [0.05, 0.1) is 10.5 Å². The topological polar surface area (TPSA) is 37.3 Å². The smallest absolute Gasteiger partial charge is 0.302 e. The monoisotopic (exact) mass is 224 g/mol. The van der Waals surface area contributed by atoms with Crippen molar-refractivity contribution in [2.75, 3.05) is 0 Å². The molecule has 1 atom stereocenters. The summed E-state index contributed by atoms with van der Waals surface area (Å²) in [6.45, 7) is 1.17. The number of hydrogen-bond acceptors (Lipinski definition) is 1. The van der Waals surface area contributed by atoms with Crippen molar-refractivity contribution in [3.05, 3.63) is 29.3 Å². The zero-order valence-electron chi connectivity index (χ0n) is 7.13. The molecule has 0 radical (unpaired) electrons. The highest BCUT2D eigenvalue weighted by Gasteiger charge is 2.33. The van der Waals surface area contributed by atoms with Gasteiger partial charge < -0.3 is 4.55 Å². The summed E-state index contributed by atoms with van der Waals surface area (Å²) in [6, 6.07) is 3.19. The van der Waals surface area contributed by atoms with Gasteiger partial charge in [-0.1, -0.05) is 6.07 Å². The summed E-state index contributed by atoms with van der Waals surface area (Å²) in [5.41, 5.74) is -1.08. The van der Waals surface area contributed by atoms with Crippen molar-refractivity contribution in [1.82, 2.24) is 0 Å². The van der Waals surface area contributed by atoms with Crippen molar-refractivity contribution in [3.63, 3.8) is 0 Å². The Balaban J connectivity index is 3.35. The molecule has 0 saturated heterocycles. The van der Waals surface area contributed by atoms with Crippen LogP contribution in [0, 0.1) is 6.92 Å². The Morgan fingerprint density at radius 1 is 1.36 bits per heavy atom. The Labute approximate surface area is 81.0 Å². The number of hydrogen-bond donors (Lipinski definition) is 1. The molecule has 0 aliphatic rings. The average Bonchev–Trinajstić information content (AvgIpc) is 2.01. The van der Waals surface area contributed by atoms with Gasteiger partial charge >= 0.3 is 6.18 Å². The highest BCUT2D eigenvalue weighted by molar-refractivity contribution is 7.79. The first-order valence-electron chi connectivity index (χ1n) is 3.61. The fourth-order valence-electron chi connectivity index (χ4n) is 1.11. The van der Waals surface area contributed by atoms with Crippen molar-refractivity contribution in [2.24, 2.45) is 0 Å². The predicted molar refractivity (Wildman–Crippen MR) is 45.2 cm³/mol. The van der Waals surface area contributed by atoms with Crippen LogP contribution in [0.4, 0.5) is 13.2 Å². The Kier molecular flexibility index (Phi) is 2.96. The van der Waals surface area contributed by atoms with E-state index in [0.717, 1.165) is 12.1 Å². The largest absolute Gasteiger partial charge is 0.416 e. The molecule has 1 rings (SSSR count). The molecule has 0 amide bonds. The fourth-order valence-corrected chi connectivity index (χ4v) is 1.68. The van der Waals surface area contributed by atoms with Crippen molar-refractivity contribution in [3.8, 4) is 0 Å². The lowest BCUT2D eigenvalue weighted by Gasteiger charge is -2.11. The summed E-state index contributed by atoms with van der Waals surface area (Å²) in [5.74, 6) is 0. The van der Waals surface area contributed by atoms with Gasteiger partial charge in [-0.2, -0.15) is 13.2 Å². The first-order valence-corrected chi connectivity index (χ1v) is 4.72. The van der Waals surface area contributed by atoms with Crippen molar-refractivity contribution < 1.29 is 21.9 Å². The minimum absolute atomic E-state index is 0.208. The lowest BCUT2D eigenvalue weighted by Crippen LogP contribution is -2.09. The van der Waals surface area contributed by atoms with Crippen LogP contribution in [0.15, 0.2) is 23.1 Å². The van der Waals surface area contributed by atoms with Crippen LogP contribution < -0.4 is 0 Å². The molecule has 2 nitrogen and oxygen atoms in total. The van der Waals surface area contributed by atoms with Crippen molar-refractivity contribution >= 4 is 11.1 Å². The van der Waals surface area contributed by atoms with Gasteiger partial charge in [0.25, 0.3) is 0 Å². The lowest BCUT2D eigenvalue weighted by molar-refractivity contribution is -0.138. The SMILES string of the molecule is Cc1c(S(=O)O)cccc1C(F)(F)F. The zero-order valence-corrected chi connectivity index (χ0v) is 7.95. The summed E-state index contributed by atoms with van der Waals surface area (Å²) in [6.07, 6.45) is -4.49. The van der Waals surface area contributed by atoms with Gasteiger partial charge in [-0.05, 0) is 24.6 Å². The second-order valence-corrected chi connectivity index (χ2v) is 3.61. The van der Waals surface area contributed by atoms with E-state index in [-0.39, 0.29) is 10.5 Å². The Bertz CT molecular complexity index is 373. The molecule has 14 heavy (non-hydrogen) atoms. The Morgan fingerprint density at radius 2 is 1.93 bits per heavy atom. The molecule has 0 fully saturated rings. The molecule has 1 aromatic rings. The van der Waals surface area contributed by atoms with E-state index in [2.05, 4.69) is 0 Å². The zero-order chi connectivity index (χ0) is 10.9. The first-order chi connectivity index (χ1) is 6.34. The van der Waals surface area contributed by atoms with Gasteiger partial charge in [0.2, 0.25) is 0 Å². The second kappa shape index (κ2) is 3.70. The molecular weight excluding hydrogens is 217 g/mol. The second-order valence-electron chi connectivity index (χ2n) is 2.68. The highest BCUT2D eigenvalue weighted by Crippen LogP contribution is 2.33. The van der Waals surface area contributed by atoms with E-state index in [1.54, 1.807) is 0 Å². The third-order valence-electron chi connectivity index (χ3n) is 1.78. The van der Waals surface area contributed by atoms with E-state index >= 15 is 0 Å². The molecule has 0 aliphatic carbocycles. The molecule has 6 heteroatoms. The normalized spacial score (nSPS) is 14.1. The van der Waals surface area contributed by atoms with Gasteiger partial charge in [-0.3, -0.25) is 0 Å². The van der Waals surface area contributed by atoms with E-state index in [0.29, 0.717) is 0 Å². The average molecular weight is 224 g/mol. The molecule has 0 aliphatic heterocycles. The minimum atomic E-state index is -4.49. The van der Waals surface area contributed by atoms with E-state index < -0.39 is 22.8 Å². The summed E-state index contributed by atoms with van der Waals surface area (Å²) in [4.78, 5) is -0.208. The van der Waals surface area contributed by atoms with Crippen LogP contribution >= 0.6 is 0 Å². The summed E-state index contributed by atoms with van der Waals surface area (Å²) in [7, 11) is 0. The minimum Gasteiger partial charge on any atom is -0.302 e. The van der Waals surface area contributed by atoms with E-state index in [1.807, 2.05) is 0 Å². The van der Waals surface area contributed by atoms with Crippen LogP contribution in [-0.4, -0.2) is 8.76 Å². The molecular formula is C8H7F3O2S. The van der Waals surface area contributed by atoms with Gasteiger partial charge in [-0.15, -0.1) is 0 Å². The summed E-state index contributed by atoms with van der Waals surface area (Å²) >= 11 is -2.39. The number of halogens is 3. The molecule has 78 valence electrons. The maximum Gasteiger partial charge on any atom is 0.416 e. The first kappa shape index (κ1) is 11.2. The van der Waals surface area contributed by atoms with Crippen LogP contribution in [0.25, 0.3) is 0 Å². The van der Waals surface area contributed by atoms with Crippen LogP contribution in [0.5, 0.6) is 0 Å². The number of rotatable bonds is 1. The van der Waals surface area contributed by atoms with Crippen LogP contribution in [0.3, 0.4) is 0 Å². The van der Waals surface area contributed by atoms with Crippen LogP contribution in [0.2, 0.25) is 0 Å². The quantitative estimate of drug-likeness (QED) is 0.744. The van der Waals surface area contributed by atoms with Crippen LogP contribution in [0.1, 0.15) is 11.1 Å². The van der Waals surface area contributed by atoms with Gasteiger partial charge in [0, 0.05) is 0 Å². The summed E-state index contributed by atoms with van der Waals surface area (Å²) < 4.78 is 56.3. The van der Waals surface area contributed by atoms with Gasteiger partial charge in [-0.25, -0.2) is 4.21 Å². The molecule has 0 saturated carbocycles. The van der Waals surface area contributed by atoms with Crippen LogP contribution in [-0.2, 0) is 17.3 Å². The lowest BCUT2D eigenvalue weighted by atomic mass is 10.1. The van der Waals surface area contributed by atoms with E-state index in [1.165, 1.54) is 13.0 Å². The highest BCUT2D eigenvalue weighted by atomic mass is 32.2. The number of benzene rings is 1. The summed E-state index contributed by atoms with van der Waals surface area (Å²) in [5, 5.41) is 0. The van der Waals surface area contributed by atoms with Gasteiger partial charge in [0.15, 0.2) is 11.1 Å². The standard InChI is InChI=1S/C8H7F3O2S/c1-5-6(8(9,10)11)3-2-4-7(5)14(12)13/h2-4H,1H3,(H,12,13). The van der Waals surface area contributed by atoms with Crippen molar-refractivity contribution in [1.29, 1.82) is 0 Å². The third-order valence-corrected chi connectivity index (χ3v) is 2.60. The maximum atomic E-state index is 12.3. The molecule has 0 spiro atoms. The Morgan fingerprint density at radius 3 is 2.36 bits per heavy atom. The predicted octanol–water partition coefficient (Wildman–Crippen LogP) is 2.59. The molecule has 1 unspecified atom stereocenters. The third kappa shape index (κ3) is 2.13. The Hall–Kier alpha value is -0.880. The van der Waals surface area contributed by atoms with Gasteiger partial charge in [0.1, 0.15) is 0 Å². The van der Waals surface area contributed by atoms with E-state index in [9.17, 15) is 17.4 Å².